The molecule has 3 heteroatoms. The molecule has 118 valence electrons. The van der Waals surface area contributed by atoms with Gasteiger partial charge in [-0.05, 0) is 57.3 Å². The molecule has 2 rings (SSSR count). The molecular weight excluding hydrogens is 262 g/mol. The number of aliphatic hydroxyl groups is 1. The lowest BCUT2D eigenvalue weighted by atomic mass is 9.78. The third-order valence-electron chi connectivity index (χ3n) is 5.33. The van der Waals surface area contributed by atoms with Gasteiger partial charge in [-0.1, -0.05) is 32.0 Å². The third kappa shape index (κ3) is 3.09. The van der Waals surface area contributed by atoms with Crippen molar-refractivity contribution in [2.24, 2.45) is 0 Å². The molecule has 0 fully saturated rings. The molecule has 0 radical (unpaired) electrons. The van der Waals surface area contributed by atoms with Gasteiger partial charge in [0.05, 0.1) is 12.7 Å². The van der Waals surface area contributed by atoms with Crippen LogP contribution in [-0.2, 0) is 0 Å². The van der Waals surface area contributed by atoms with E-state index in [1.807, 2.05) is 12.1 Å². The zero-order chi connectivity index (χ0) is 15.5. The van der Waals surface area contributed by atoms with Crippen LogP contribution in [0.25, 0.3) is 0 Å². The molecule has 1 aromatic rings. The maximum absolute atomic E-state index is 10.9. The number of aliphatic hydroxyl groups excluding tert-OH is 1. The van der Waals surface area contributed by atoms with Gasteiger partial charge in [-0.2, -0.15) is 0 Å². The first-order chi connectivity index (χ1) is 10.0. The Hall–Kier alpha value is -1.06. The maximum atomic E-state index is 10.9. The van der Waals surface area contributed by atoms with Crippen molar-refractivity contribution in [2.45, 2.75) is 57.1 Å². The lowest BCUT2D eigenvalue weighted by molar-refractivity contribution is -0.0230. The van der Waals surface area contributed by atoms with Gasteiger partial charge in [0.15, 0.2) is 0 Å². The number of hydrogen-bond donors (Lipinski definition) is 1. The highest BCUT2D eigenvalue weighted by Gasteiger charge is 2.38. The second-order valence-corrected chi connectivity index (χ2v) is 6.33. The smallest absolute Gasteiger partial charge is 0.122 e. The minimum absolute atomic E-state index is 0.132. The van der Waals surface area contributed by atoms with Crippen molar-refractivity contribution in [2.75, 3.05) is 20.7 Å². The molecule has 0 amide bonds. The third-order valence-corrected chi connectivity index (χ3v) is 5.33. The topological polar surface area (TPSA) is 32.7 Å². The zero-order valence-corrected chi connectivity index (χ0v) is 13.8. The van der Waals surface area contributed by atoms with Gasteiger partial charge in [0.25, 0.3) is 0 Å². The van der Waals surface area contributed by atoms with Crippen LogP contribution in [0, 0.1) is 0 Å². The fourth-order valence-corrected chi connectivity index (χ4v) is 3.80. The minimum atomic E-state index is -0.321. The number of hydrogen-bond acceptors (Lipinski definition) is 3. The Kier molecular flexibility index (Phi) is 5.28. The molecule has 1 heterocycles. The van der Waals surface area contributed by atoms with Crippen LogP contribution in [0.4, 0.5) is 0 Å². The molecule has 3 nitrogen and oxygen atoms in total. The first kappa shape index (κ1) is 16.3. The van der Waals surface area contributed by atoms with Crippen LogP contribution in [0.5, 0.6) is 5.75 Å². The van der Waals surface area contributed by atoms with Gasteiger partial charge in [-0.3, -0.25) is 0 Å². The van der Waals surface area contributed by atoms with E-state index in [2.05, 4.69) is 45.0 Å². The van der Waals surface area contributed by atoms with E-state index in [9.17, 15) is 5.11 Å². The minimum Gasteiger partial charge on any atom is -0.493 e. The summed E-state index contributed by atoms with van der Waals surface area (Å²) >= 11 is 0. The highest BCUT2D eigenvalue weighted by molar-refractivity contribution is 5.37. The number of para-hydroxylation sites is 1. The van der Waals surface area contributed by atoms with E-state index >= 15 is 0 Å². The maximum Gasteiger partial charge on any atom is 0.122 e. The Morgan fingerprint density at radius 3 is 2.57 bits per heavy atom. The van der Waals surface area contributed by atoms with E-state index in [0.717, 1.165) is 38.0 Å². The normalized spacial score (nSPS) is 20.0. The van der Waals surface area contributed by atoms with Crippen molar-refractivity contribution in [3.63, 3.8) is 0 Å². The van der Waals surface area contributed by atoms with Crippen LogP contribution in [-0.4, -0.2) is 42.4 Å². The molecule has 0 bridgehead atoms. The van der Waals surface area contributed by atoms with E-state index in [-0.39, 0.29) is 11.6 Å². The van der Waals surface area contributed by atoms with Crippen molar-refractivity contribution in [1.29, 1.82) is 0 Å². The van der Waals surface area contributed by atoms with Crippen molar-refractivity contribution in [1.82, 2.24) is 4.90 Å². The average molecular weight is 291 g/mol. The summed E-state index contributed by atoms with van der Waals surface area (Å²) in [6.07, 6.45) is 3.40. The fourth-order valence-electron chi connectivity index (χ4n) is 3.80. The number of rotatable bonds is 6. The SMILES string of the molecule is CCC(CC)(C(O)CC1CCOc2ccccc21)N(C)C. The number of ether oxygens (including phenoxy) is 1. The van der Waals surface area contributed by atoms with E-state index in [0.29, 0.717) is 5.92 Å². The van der Waals surface area contributed by atoms with Crippen LogP contribution in [0.1, 0.15) is 51.0 Å². The molecule has 0 aliphatic carbocycles. The molecule has 1 aliphatic heterocycles. The number of fused-ring (bicyclic) bond motifs is 1. The lowest BCUT2D eigenvalue weighted by Gasteiger charge is -2.44. The molecule has 1 N–H and O–H groups in total. The van der Waals surface area contributed by atoms with Crippen LogP contribution in [0.2, 0.25) is 0 Å². The second kappa shape index (κ2) is 6.80. The summed E-state index contributed by atoms with van der Waals surface area (Å²) in [7, 11) is 4.16. The molecular formula is C18H29NO2. The molecule has 0 aromatic heterocycles. The van der Waals surface area contributed by atoms with E-state index in [1.165, 1.54) is 5.56 Å². The molecule has 21 heavy (non-hydrogen) atoms. The van der Waals surface area contributed by atoms with Gasteiger partial charge < -0.3 is 14.7 Å². The fraction of sp³-hybridized carbons (Fsp3) is 0.667. The van der Waals surface area contributed by atoms with Crippen molar-refractivity contribution in [3.05, 3.63) is 29.8 Å². The summed E-state index contributed by atoms with van der Waals surface area (Å²) in [5.74, 6) is 1.38. The number of nitrogens with zero attached hydrogens (tertiary/aromatic N) is 1. The highest BCUT2D eigenvalue weighted by atomic mass is 16.5. The Balaban J connectivity index is 2.18. The van der Waals surface area contributed by atoms with E-state index < -0.39 is 0 Å². The van der Waals surface area contributed by atoms with Gasteiger partial charge >= 0.3 is 0 Å². The molecule has 1 aromatic carbocycles. The largest absolute Gasteiger partial charge is 0.493 e. The van der Waals surface area contributed by atoms with Crippen molar-refractivity contribution >= 4 is 0 Å². The van der Waals surface area contributed by atoms with Gasteiger partial charge in [-0.25, -0.2) is 0 Å². The van der Waals surface area contributed by atoms with Gasteiger partial charge in [-0.15, -0.1) is 0 Å². The summed E-state index contributed by atoms with van der Waals surface area (Å²) < 4.78 is 5.73. The summed E-state index contributed by atoms with van der Waals surface area (Å²) in [6.45, 7) is 5.09. The first-order valence-corrected chi connectivity index (χ1v) is 8.12. The summed E-state index contributed by atoms with van der Waals surface area (Å²) in [5, 5.41) is 10.9. The Labute approximate surface area is 128 Å². The average Bonchev–Trinajstić information content (AvgIpc) is 2.49. The predicted octanol–water partition coefficient (Wildman–Crippen LogP) is 3.42. The molecule has 0 saturated carbocycles. The number of likely N-dealkylation sites (N-methyl/N-ethyl adjacent to an activating group) is 1. The second-order valence-electron chi connectivity index (χ2n) is 6.33. The Morgan fingerprint density at radius 1 is 1.29 bits per heavy atom. The Bertz CT molecular complexity index is 454. The molecule has 2 unspecified atom stereocenters. The number of benzene rings is 1. The van der Waals surface area contributed by atoms with Crippen molar-refractivity contribution < 1.29 is 9.84 Å². The summed E-state index contributed by atoms with van der Waals surface area (Å²) in [4.78, 5) is 2.20. The molecule has 2 atom stereocenters. The first-order valence-electron chi connectivity index (χ1n) is 8.12. The molecule has 0 spiro atoms. The standard InChI is InChI=1S/C18H29NO2/c1-5-18(6-2,19(3)4)17(20)13-14-11-12-21-16-10-8-7-9-15(14)16/h7-10,14,17,20H,5-6,11-13H2,1-4H3. The summed E-state index contributed by atoms with van der Waals surface area (Å²) in [6, 6.07) is 8.25. The predicted molar refractivity (Wildman–Crippen MR) is 86.9 cm³/mol. The Morgan fingerprint density at radius 2 is 1.95 bits per heavy atom. The summed E-state index contributed by atoms with van der Waals surface area (Å²) in [5.41, 5.74) is 1.12. The van der Waals surface area contributed by atoms with E-state index in [4.69, 9.17) is 4.74 Å². The molecule has 0 saturated heterocycles. The monoisotopic (exact) mass is 291 g/mol. The zero-order valence-electron chi connectivity index (χ0n) is 13.8. The van der Waals surface area contributed by atoms with Crippen LogP contribution < -0.4 is 4.74 Å². The van der Waals surface area contributed by atoms with Gasteiger partial charge in [0.2, 0.25) is 0 Å². The van der Waals surface area contributed by atoms with Crippen molar-refractivity contribution in [3.8, 4) is 5.75 Å². The van der Waals surface area contributed by atoms with Gasteiger partial charge in [0, 0.05) is 5.54 Å². The van der Waals surface area contributed by atoms with Crippen LogP contribution >= 0.6 is 0 Å². The van der Waals surface area contributed by atoms with Crippen LogP contribution in [0.15, 0.2) is 24.3 Å². The molecule has 1 aliphatic rings. The highest BCUT2D eigenvalue weighted by Crippen LogP contribution is 2.39. The lowest BCUT2D eigenvalue weighted by Crippen LogP contribution is -2.53. The quantitative estimate of drug-likeness (QED) is 0.871. The van der Waals surface area contributed by atoms with E-state index in [1.54, 1.807) is 0 Å². The van der Waals surface area contributed by atoms with Crippen LogP contribution in [0.3, 0.4) is 0 Å². The van der Waals surface area contributed by atoms with Gasteiger partial charge in [0.1, 0.15) is 5.75 Å².